The topological polar surface area (TPSA) is 64.7 Å². The van der Waals surface area contributed by atoms with E-state index in [2.05, 4.69) is 0 Å². The molecule has 0 aliphatic heterocycles. The minimum Gasteiger partial charge on any atom is -0.508 e. The van der Waals surface area contributed by atoms with Gasteiger partial charge in [-0.25, -0.2) is 0 Å². The molecule has 1 aromatic heterocycles. The first-order chi connectivity index (χ1) is 8.67. The van der Waals surface area contributed by atoms with E-state index in [0.29, 0.717) is 11.5 Å². The number of phenols is 1. The second kappa shape index (κ2) is 6.65. The van der Waals surface area contributed by atoms with Gasteiger partial charge in [0.05, 0.1) is 25.8 Å². The smallest absolute Gasteiger partial charge is 0.131 e. The molecule has 4 nitrogen and oxygen atoms in total. The van der Waals surface area contributed by atoms with Gasteiger partial charge in [0.1, 0.15) is 17.2 Å². The number of rotatable bonds is 4. The van der Waals surface area contributed by atoms with Crippen LogP contribution in [0.15, 0.2) is 29.6 Å². The van der Waals surface area contributed by atoms with Crippen LogP contribution in [0, 0.1) is 0 Å². The van der Waals surface area contributed by atoms with Crippen molar-refractivity contribution in [2.24, 2.45) is 5.73 Å². The van der Waals surface area contributed by atoms with Gasteiger partial charge in [-0.2, -0.15) is 0 Å². The summed E-state index contributed by atoms with van der Waals surface area (Å²) in [5, 5.41) is 11.6. The third-order valence-corrected chi connectivity index (χ3v) is 3.64. The van der Waals surface area contributed by atoms with Crippen molar-refractivity contribution in [3.63, 3.8) is 0 Å². The van der Waals surface area contributed by atoms with Gasteiger partial charge in [-0.3, -0.25) is 0 Å². The molecule has 2 rings (SSSR count). The molecule has 19 heavy (non-hydrogen) atoms. The van der Waals surface area contributed by atoms with Crippen LogP contribution in [0.25, 0.3) is 0 Å². The van der Waals surface area contributed by atoms with Gasteiger partial charge in [0.25, 0.3) is 0 Å². The average Bonchev–Trinajstić information content (AvgIpc) is 2.90. The standard InChI is InChI=1S/C13H15NO3S.ClH/c1-16-9-6-8(15)7-10(17-2)12(9)13(14)11-4-3-5-18-11;/h3-7,13,15H,14H2,1-2H3;1H/t13-;/m0./s1. The Hall–Kier alpha value is -1.43. The van der Waals surface area contributed by atoms with E-state index in [1.54, 1.807) is 25.6 Å². The molecule has 104 valence electrons. The summed E-state index contributed by atoms with van der Waals surface area (Å²) >= 11 is 1.57. The van der Waals surface area contributed by atoms with Crippen LogP contribution >= 0.6 is 23.7 Å². The van der Waals surface area contributed by atoms with E-state index in [-0.39, 0.29) is 24.2 Å². The first kappa shape index (κ1) is 15.6. The van der Waals surface area contributed by atoms with E-state index in [1.807, 2.05) is 17.5 Å². The first-order valence-corrected chi connectivity index (χ1v) is 6.29. The lowest BCUT2D eigenvalue weighted by atomic mass is 10.0. The molecule has 3 N–H and O–H groups in total. The molecule has 0 fully saturated rings. The van der Waals surface area contributed by atoms with Crippen LogP contribution in [0.2, 0.25) is 0 Å². The zero-order valence-corrected chi connectivity index (χ0v) is 12.3. The molecule has 0 radical (unpaired) electrons. The third-order valence-electron chi connectivity index (χ3n) is 2.69. The van der Waals surface area contributed by atoms with E-state index in [0.717, 1.165) is 10.4 Å². The largest absolute Gasteiger partial charge is 0.508 e. The summed E-state index contributed by atoms with van der Waals surface area (Å²) in [7, 11) is 3.08. The van der Waals surface area contributed by atoms with Crippen LogP contribution in [0.3, 0.4) is 0 Å². The molecule has 1 heterocycles. The summed E-state index contributed by atoms with van der Waals surface area (Å²) in [6, 6.07) is 6.63. The minimum atomic E-state index is -0.338. The third kappa shape index (κ3) is 3.12. The number of ether oxygens (including phenoxy) is 2. The molecule has 1 aromatic carbocycles. The van der Waals surface area contributed by atoms with E-state index in [4.69, 9.17) is 15.2 Å². The summed E-state index contributed by atoms with van der Waals surface area (Å²) in [6.07, 6.45) is 0. The predicted molar refractivity (Wildman–Crippen MR) is 78.8 cm³/mol. The molecule has 0 saturated heterocycles. The highest BCUT2D eigenvalue weighted by Gasteiger charge is 2.21. The second-order valence-corrected chi connectivity index (χ2v) is 4.74. The van der Waals surface area contributed by atoms with Crippen molar-refractivity contribution in [1.82, 2.24) is 0 Å². The van der Waals surface area contributed by atoms with E-state index in [9.17, 15) is 5.11 Å². The molecule has 0 bridgehead atoms. The van der Waals surface area contributed by atoms with Crippen LogP contribution in [0.4, 0.5) is 0 Å². The molecule has 0 spiro atoms. The van der Waals surface area contributed by atoms with E-state index in [1.165, 1.54) is 12.1 Å². The number of hydrogen-bond donors (Lipinski definition) is 2. The van der Waals surface area contributed by atoms with Crippen LogP contribution in [-0.4, -0.2) is 19.3 Å². The van der Waals surface area contributed by atoms with Gasteiger partial charge < -0.3 is 20.3 Å². The normalized spacial score (nSPS) is 11.5. The number of nitrogens with two attached hydrogens (primary N) is 1. The number of aromatic hydroxyl groups is 1. The van der Waals surface area contributed by atoms with Crippen molar-refractivity contribution >= 4 is 23.7 Å². The number of methoxy groups -OCH3 is 2. The van der Waals surface area contributed by atoms with Crippen LogP contribution in [0.5, 0.6) is 17.2 Å². The fourth-order valence-corrected chi connectivity index (χ4v) is 2.58. The molecule has 0 saturated carbocycles. The zero-order valence-electron chi connectivity index (χ0n) is 10.6. The monoisotopic (exact) mass is 301 g/mol. The summed E-state index contributed by atoms with van der Waals surface area (Å²) < 4.78 is 10.5. The summed E-state index contributed by atoms with van der Waals surface area (Å²) in [5.41, 5.74) is 6.97. The van der Waals surface area contributed by atoms with Gasteiger partial charge in [0, 0.05) is 17.0 Å². The molecule has 0 unspecified atom stereocenters. The Bertz CT molecular complexity index is 506. The predicted octanol–water partition coefficient (Wildman–Crippen LogP) is 2.94. The SMILES string of the molecule is COc1cc(O)cc(OC)c1[C@@H](N)c1cccs1.Cl. The Balaban J connectivity index is 0.00000180. The van der Waals surface area contributed by atoms with Crippen molar-refractivity contribution in [3.8, 4) is 17.2 Å². The highest BCUT2D eigenvalue weighted by molar-refractivity contribution is 7.10. The fraction of sp³-hybridized carbons (Fsp3) is 0.231. The lowest BCUT2D eigenvalue weighted by Crippen LogP contribution is -2.13. The Morgan fingerprint density at radius 3 is 2.21 bits per heavy atom. The van der Waals surface area contributed by atoms with Crippen LogP contribution in [-0.2, 0) is 0 Å². The molecule has 0 aliphatic carbocycles. The first-order valence-electron chi connectivity index (χ1n) is 5.41. The molecule has 0 aliphatic rings. The van der Waals surface area contributed by atoms with Crippen molar-refractivity contribution in [1.29, 1.82) is 0 Å². The Morgan fingerprint density at radius 1 is 1.21 bits per heavy atom. The highest BCUT2D eigenvalue weighted by Crippen LogP contribution is 2.40. The highest BCUT2D eigenvalue weighted by atomic mass is 35.5. The van der Waals surface area contributed by atoms with Gasteiger partial charge in [0.15, 0.2) is 0 Å². The number of hydrogen-bond acceptors (Lipinski definition) is 5. The molecule has 6 heteroatoms. The summed E-state index contributed by atoms with van der Waals surface area (Å²) in [4.78, 5) is 1.01. The molecular weight excluding hydrogens is 286 g/mol. The van der Waals surface area contributed by atoms with Gasteiger partial charge in [-0.1, -0.05) is 6.07 Å². The van der Waals surface area contributed by atoms with Crippen molar-refractivity contribution in [2.45, 2.75) is 6.04 Å². The van der Waals surface area contributed by atoms with Gasteiger partial charge >= 0.3 is 0 Å². The van der Waals surface area contributed by atoms with Gasteiger partial charge in [-0.15, -0.1) is 23.7 Å². The fourth-order valence-electron chi connectivity index (χ4n) is 1.84. The Kier molecular flexibility index (Phi) is 5.47. The molecular formula is C13H16ClNO3S. The maximum atomic E-state index is 9.59. The van der Waals surface area contributed by atoms with E-state index < -0.39 is 0 Å². The maximum absolute atomic E-state index is 9.59. The number of phenolic OH excluding ortho intramolecular Hbond substituents is 1. The summed E-state index contributed by atoms with van der Waals surface area (Å²) in [6.45, 7) is 0. The zero-order chi connectivity index (χ0) is 13.1. The van der Waals surface area contributed by atoms with Gasteiger partial charge in [-0.05, 0) is 11.4 Å². The number of benzene rings is 1. The average molecular weight is 302 g/mol. The number of thiophene rings is 1. The van der Waals surface area contributed by atoms with Crippen molar-refractivity contribution in [3.05, 3.63) is 40.1 Å². The minimum absolute atomic E-state index is 0. The Labute approximate surface area is 122 Å². The van der Waals surface area contributed by atoms with Crippen LogP contribution < -0.4 is 15.2 Å². The maximum Gasteiger partial charge on any atom is 0.131 e. The molecule has 0 amide bonds. The lowest BCUT2D eigenvalue weighted by Gasteiger charge is -2.18. The van der Waals surface area contributed by atoms with Crippen molar-refractivity contribution < 1.29 is 14.6 Å². The van der Waals surface area contributed by atoms with Crippen molar-refractivity contribution in [2.75, 3.05) is 14.2 Å². The summed E-state index contributed by atoms with van der Waals surface area (Å²) in [5.74, 6) is 1.13. The molecule has 2 aromatic rings. The second-order valence-electron chi connectivity index (χ2n) is 3.76. The lowest BCUT2D eigenvalue weighted by molar-refractivity contribution is 0.374. The Morgan fingerprint density at radius 2 is 1.79 bits per heavy atom. The van der Waals surface area contributed by atoms with Gasteiger partial charge in [0.2, 0.25) is 0 Å². The quantitative estimate of drug-likeness (QED) is 0.911. The van der Waals surface area contributed by atoms with E-state index >= 15 is 0 Å². The van der Waals surface area contributed by atoms with Crippen LogP contribution in [0.1, 0.15) is 16.5 Å². The number of halogens is 1. The molecule has 1 atom stereocenters.